The second kappa shape index (κ2) is 3.96. The first-order valence-corrected chi connectivity index (χ1v) is 2.88. The number of carbonyl (C=O) groups is 1. The maximum atomic E-state index is 10.6. The Morgan fingerprint density at radius 2 is 2.44 bits per heavy atom. The number of hydrogen-bond donors (Lipinski definition) is 0. The van der Waals surface area contributed by atoms with E-state index in [1.54, 1.807) is 6.92 Å². The highest BCUT2D eigenvalue weighted by atomic mass is 16.5. The molecule has 0 saturated heterocycles. The van der Waals surface area contributed by atoms with Gasteiger partial charge in [-0.25, -0.2) is 0 Å². The minimum Gasteiger partial charge on any atom is -0.372 e. The number of rotatable bonds is 2. The van der Waals surface area contributed by atoms with Crippen molar-refractivity contribution in [2.24, 2.45) is 5.92 Å². The van der Waals surface area contributed by atoms with Crippen molar-refractivity contribution in [2.75, 3.05) is 0 Å². The predicted molar refractivity (Wildman–Crippen MR) is 34.4 cm³/mol. The molecule has 0 aliphatic rings. The summed E-state index contributed by atoms with van der Waals surface area (Å²) < 4.78 is 4.28. The van der Waals surface area contributed by atoms with Gasteiger partial charge in [-0.1, -0.05) is 20.3 Å². The molecule has 0 spiro atoms. The molecule has 0 fully saturated rings. The van der Waals surface area contributed by atoms with Crippen LogP contribution >= 0.6 is 0 Å². The molecule has 1 atom stereocenters. The molecule has 2 nitrogen and oxygen atoms in total. The fourth-order valence-electron chi connectivity index (χ4n) is 0.325. The van der Waals surface area contributed by atoms with Crippen LogP contribution in [0.5, 0.6) is 0 Å². The van der Waals surface area contributed by atoms with Crippen LogP contribution in [0.4, 0.5) is 0 Å². The topological polar surface area (TPSA) is 26.3 Å². The van der Waals surface area contributed by atoms with E-state index in [2.05, 4.69) is 4.74 Å². The highest BCUT2D eigenvalue weighted by Crippen LogP contribution is 2.01. The lowest BCUT2D eigenvalue weighted by molar-refractivity contribution is -0.140. The molecule has 0 bridgehead atoms. The van der Waals surface area contributed by atoms with Gasteiger partial charge in [0.2, 0.25) is 0 Å². The summed E-state index contributed by atoms with van der Waals surface area (Å²) in [6.45, 7) is 3.68. The minimum atomic E-state index is -0.319. The van der Waals surface area contributed by atoms with Gasteiger partial charge in [0.05, 0.1) is 5.92 Å². The van der Waals surface area contributed by atoms with Crippen molar-refractivity contribution < 1.29 is 9.53 Å². The lowest BCUT2D eigenvalue weighted by Crippen LogP contribution is -2.10. The van der Waals surface area contributed by atoms with Crippen molar-refractivity contribution in [1.82, 2.24) is 0 Å². The zero-order valence-electron chi connectivity index (χ0n) is 5.68. The van der Waals surface area contributed by atoms with E-state index >= 15 is 0 Å². The first-order valence-electron chi connectivity index (χ1n) is 2.88. The van der Waals surface area contributed by atoms with Gasteiger partial charge in [-0.2, -0.15) is 0 Å². The minimum absolute atomic E-state index is 0.0824. The molecule has 0 N–H and O–H groups in total. The highest BCUT2D eigenvalue weighted by Gasteiger charge is 2.09. The molecule has 2 heteroatoms. The second-order valence-corrected chi connectivity index (χ2v) is 1.85. The molecule has 0 radical (unpaired) electrons. The van der Waals surface area contributed by atoms with Crippen LogP contribution in [0.3, 0.4) is 0 Å². The van der Waals surface area contributed by atoms with Crippen LogP contribution in [0.1, 0.15) is 20.3 Å². The molecular formula is C7H10O2. The lowest BCUT2D eigenvalue weighted by Gasteiger charge is -2.01. The molecule has 0 amide bonds. The molecule has 0 aliphatic heterocycles. The van der Waals surface area contributed by atoms with Gasteiger partial charge in [0, 0.05) is 0 Å². The van der Waals surface area contributed by atoms with Crippen molar-refractivity contribution in [3.8, 4) is 12.5 Å². The van der Waals surface area contributed by atoms with Gasteiger partial charge < -0.3 is 4.74 Å². The van der Waals surface area contributed by atoms with Gasteiger partial charge >= 0.3 is 5.97 Å². The van der Waals surface area contributed by atoms with Crippen LogP contribution in [0, 0.1) is 18.4 Å². The van der Waals surface area contributed by atoms with E-state index in [1.165, 1.54) is 0 Å². The van der Waals surface area contributed by atoms with E-state index in [0.29, 0.717) is 0 Å². The van der Waals surface area contributed by atoms with Gasteiger partial charge in [0.15, 0.2) is 0 Å². The first kappa shape index (κ1) is 8.03. The van der Waals surface area contributed by atoms with Crippen LogP contribution in [-0.2, 0) is 9.53 Å². The van der Waals surface area contributed by atoms with E-state index in [9.17, 15) is 4.79 Å². The molecule has 0 rings (SSSR count). The van der Waals surface area contributed by atoms with Gasteiger partial charge in [-0.15, -0.1) is 0 Å². The van der Waals surface area contributed by atoms with Gasteiger partial charge in [-0.05, 0) is 6.42 Å². The maximum Gasteiger partial charge on any atom is 0.322 e. The Labute approximate surface area is 55.2 Å². The lowest BCUT2D eigenvalue weighted by atomic mass is 10.1. The van der Waals surface area contributed by atoms with Gasteiger partial charge in [-0.3, -0.25) is 4.79 Å². The number of ether oxygens (including phenoxy) is 1. The van der Waals surface area contributed by atoms with Crippen LogP contribution in [0.25, 0.3) is 0 Å². The van der Waals surface area contributed by atoms with Gasteiger partial charge in [0.25, 0.3) is 0 Å². The molecule has 0 aromatic rings. The van der Waals surface area contributed by atoms with Crippen molar-refractivity contribution in [2.45, 2.75) is 20.3 Å². The summed E-state index contributed by atoms with van der Waals surface area (Å²) in [5, 5.41) is 0. The monoisotopic (exact) mass is 126 g/mol. The summed E-state index contributed by atoms with van der Waals surface area (Å²) >= 11 is 0. The molecule has 9 heavy (non-hydrogen) atoms. The molecule has 1 unspecified atom stereocenters. The zero-order chi connectivity index (χ0) is 7.28. The highest BCUT2D eigenvalue weighted by molar-refractivity contribution is 5.72. The summed E-state index contributed by atoms with van der Waals surface area (Å²) in [5.74, 6) is -0.402. The number of esters is 1. The summed E-state index contributed by atoms with van der Waals surface area (Å²) in [4.78, 5) is 10.6. The largest absolute Gasteiger partial charge is 0.372 e. The van der Waals surface area contributed by atoms with E-state index in [0.717, 1.165) is 6.42 Å². The average molecular weight is 126 g/mol. The van der Waals surface area contributed by atoms with Crippen molar-refractivity contribution in [3.05, 3.63) is 0 Å². The van der Waals surface area contributed by atoms with E-state index < -0.39 is 0 Å². The zero-order valence-corrected chi connectivity index (χ0v) is 5.68. The van der Waals surface area contributed by atoms with Crippen molar-refractivity contribution in [1.29, 1.82) is 0 Å². The predicted octanol–water partition coefficient (Wildman–Crippen LogP) is 1.17. The van der Waals surface area contributed by atoms with Gasteiger partial charge in [0.1, 0.15) is 6.11 Å². The van der Waals surface area contributed by atoms with E-state index in [1.807, 2.05) is 13.0 Å². The Hall–Kier alpha value is -0.970. The third-order valence-corrected chi connectivity index (χ3v) is 1.17. The molecular weight excluding hydrogens is 116 g/mol. The quantitative estimate of drug-likeness (QED) is 0.410. The van der Waals surface area contributed by atoms with Crippen LogP contribution in [0.2, 0.25) is 0 Å². The normalized spacial score (nSPS) is 11.7. The number of carbonyl (C=O) groups excluding carboxylic acids is 1. The molecule has 0 aliphatic carbocycles. The van der Waals surface area contributed by atoms with E-state index in [-0.39, 0.29) is 11.9 Å². The van der Waals surface area contributed by atoms with Crippen LogP contribution in [0.15, 0.2) is 0 Å². The van der Waals surface area contributed by atoms with Crippen LogP contribution < -0.4 is 0 Å². The Kier molecular flexibility index (Phi) is 3.54. The third-order valence-electron chi connectivity index (χ3n) is 1.17. The first-order chi connectivity index (χ1) is 4.22. The molecule has 0 aromatic heterocycles. The summed E-state index contributed by atoms with van der Waals surface area (Å²) in [6, 6.07) is 0. The smallest absolute Gasteiger partial charge is 0.322 e. The molecule has 0 aromatic carbocycles. The van der Waals surface area contributed by atoms with Crippen molar-refractivity contribution >= 4 is 5.97 Å². The summed E-state index contributed by atoms with van der Waals surface area (Å²) in [7, 11) is 0. The summed E-state index contributed by atoms with van der Waals surface area (Å²) in [6.07, 6.45) is 7.33. The molecule has 0 saturated carbocycles. The fraction of sp³-hybridized carbons (Fsp3) is 0.571. The standard InChI is InChI=1S/C7H10O2/c1-4-6(3)7(8)9-5-2/h2,6H,4H2,1,3H3. The van der Waals surface area contributed by atoms with Crippen molar-refractivity contribution in [3.63, 3.8) is 0 Å². The number of hydrogen-bond acceptors (Lipinski definition) is 2. The maximum absolute atomic E-state index is 10.6. The Bertz CT molecular complexity index is 132. The molecule has 50 valence electrons. The average Bonchev–Trinajstić information content (AvgIpc) is 1.87. The fourth-order valence-corrected chi connectivity index (χ4v) is 0.325. The summed E-state index contributed by atoms with van der Waals surface area (Å²) in [5.41, 5.74) is 0. The van der Waals surface area contributed by atoms with Crippen LogP contribution in [-0.4, -0.2) is 5.97 Å². The SMILES string of the molecule is C#COC(=O)C(C)CC. The molecule has 0 heterocycles. The second-order valence-electron chi connectivity index (χ2n) is 1.85. The Morgan fingerprint density at radius 3 is 2.78 bits per heavy atom. The van der Waals surface area contributed by atoms with E-state index in [4.69, 9.17) is 6.42 Å². The Balaban J connectivity index is 3.62. The Morgan fingerprint density at radius 1 is 1.89 bits per heavy atom. The third kappa shape index (κ3) is 2.76. The number of terminal acetylenes is 1.